The van der Waals surface area contributed by atoms with E-state index in [0.717, 1.165) is 23.1 Å². The van der Waals surface area contributed by atoms with Crippen LogP contribution in [0.15, 0.2) is 55.0 Å². The van der Waals surface area contributed by atoms with Gasteiger partial charge < -0.3 is 14.6 Å². The van der Waals surface area contributed by atoms with Gasteiger partial charge in [0.1, 0.15) is 0 Å². The van der Waals surface area contributed by atoms with Gasteiger partial charge in [0, 0.05) is 43.2 Å². The van der Waals surface area contributed by atoms with Gasteiger partial charge >= 0.3 is 0 Å². The molecule has 0 radical (unpaired) electrons. The molecule has 1 N–H and O–H groups in total. The number of methoxy groups -OCH3 is 1. The van der Waals surface area contributed by atoms with Crippen LogP contribution in [0.4, 0.5) is 5.69 Å². The molecule has 112 valence electrons. The molecule has 0 saturated heterocycles. The van der Waals surface area contributed by atoms with Crippen LogP contribution in [0.1, 0.15) is 10.4 Å². The Balaban J connectivity index is 1.88. The van der Waals surface area contributed by atoms with Crippen LogP contribution in [0.2, 0.25) is 0 Å². The summed E-state index contributed by atoms with van der Waals surface area (Å²) in [7, 11) is 1.69. The van der Waals surface area contributed by atoms with Gasteiger partial charge in [-0.25, -0.2) is 0 Å². The number of benzene rings is 1. The van der Waals surface area contributed by atoms with E-state index in [9.17, 15) is 4.79 Å². The maximum Gasteiger partial charge on any atom is 0.255 e. The lowest BCUT2D eigenvalue weighted by atomic mass is 10.2. The first kappa shape index (κ1) is 14.3. The molecule has 0 aliphatic rings. The van der Waals surface area contributed by atoms with Crippen LogP contribution in [0, 0.1) is 0 Å². The number of anilines is 1. The van der Waals surface area contributed by atoms with Crippen molar-refractivity contribution in [3.05, 3.63) is 60.6 Å². The maximum atomic E-state index is 12.3. The third-order valence-electron chi connectivity index (χ3n) is 3.54. The lowest BCUT2D eigenvalue weighted by Crippen LogP contribution is -2.12. The van der Waals surface area contributed by atoms with Crippen molar-refractivity contribution in [3.8, 4) is 0 Å². The largest absolute Gasteiger partial charge is 0.383 e. The molecule has 0 bridgehead atoms. The summed E-state index contributed by atoms with van der Waals surface area (Å²) >= 11 is 0. The molecule has 0 aliphatic heterocycles. The molecular formula is C17H17N3O2. The van der Waals surface area contributed by atoms with Gasteiger partial charge in [-0.3, -0.25) is 9.78 Å². The van der Waals surface area contributed by atoms with Crippen molar-refractivity contribution in [1.82, 2.24) is 9.55 Å². The minimum Gasteiger partial charge on any atom is -0.383 e. The van der Waals surface area contributed by atoms with Crippen LogP contribution in [0.5, 0.6) is 0 Å². The van der Waals surface area contributed by atoms with E-state index in [4.69, 9.17) is 4.74 Å². The fourth-order valence-corrected chi connectivity index (χ4v) is 2.41. The van der Waals surface area contributed by atoms with Crippen LogP contribution in [0.25, 0.3) is 10.9 Å². The van der Waals surface area contributed by atoms with E-state index in [1.54, 1.807) is 31.6 Å². The molecule has 0 spiro atoms. The molecule has 5 heteroatoms. The van der Waals surface area contributed by atoms with Gasteiger partial charge in [0.25, 0.3) is 5.91 Å². The Kier molecular flexibility index (Phi) is 4.16. The summed E-state index contributed by atoms with van der Waals surface area (Å²) in [5, 5.41) is 3.97. The highest BCUT2D eigenvalue weighted by atomic mass is 16.5. The number of carbonyl (C=O) groups is 1. The highest BCUT2D eigenvalue weighted by molar-refractivity contribution is 6.08. The second-order valence-electron chi connectivity index (χ2n) is 4.93. The standard InChI is InChI=1S/C17H17N3O2/c1-22-12-11-20-10-7-14-15(3-2-4-16(14)20)19-17(21)13-5-8-18-9-6-13/h2-10H,11-12H2,1H3,(H,19,21). The summed E-state index contributed by atoms with van der Waals surface area (Å²) in [6.45, 7) is 1.43. The predicted octanol–water partition coefficient (Wildman–Crippen LogP) is 2.94. The Hall–Kier alpha value is -2.66. The summed E-state index contributed by atoms with van der Waals surface area (Å²) < 4.78 is 7.23. The van der Waals surface area contributed by atoms with E-state index in [-0.39, 0.29) is 5.91 Å². The van der Waals surface area contributed by atoms with Gasteiger partial charge in [0.05, 0.1) is 17.8 Å². The lowest BCUT2D eigenvalue weighted by Gasteiger charge is -2.08. The van der Waals surface area contributed by atoms with Crippen molar-refractivity contribution in [2.45, 2.75) is 6.54 Å². The molecule has 3 aromatic rings. The van der Waals surface area contributed by atoms with Crippen LogP contribution in [0.3, 0.4) is 0 Å². The zero-order chi connectivity index (χ0) is 15.4. The Morgan fingerprint density at radius 3 is 2.82 bits per heavy atom. The number of pyridine rings is 1. The van der Waals surface area contributed by atoms with Crippen molar-refractivity contribution in [2.75, 3.05) is 19.0 Å². The number of rotatable bonds is 5. The second-order valence-corrected chi connectivity index (χ2v) is 4.93. The number of carbonyl (C=O) groups excluding carboxylic acids is 1. The van der Waals surface area contributed by atoms with Crippen LogP contribution in [-0.4, -0.2) is 29.2 Å². The molecule has 0 atom stereocenters. The summed E-state index contributed by atoms with van der Waals surface area (Å²) in [6, 6.07) is 11.3. The molecule has 0 saturated carbocycles. The van der Waals surface area contributed by atoms with Crippen molar-refractivity contribution < 1.29 is 9.53 Å². The molecule has 22 heavy (non-hydrogen) atoms. The molecule has 5 nitrogen and oxygen atoms in total. The van der Waals surface area contributed by atoms with E-state index < -0.39 is 0 Å². The summed E-state index contributed by atoms with van der Waals surface area (Å²) in [4.78, 5) is 16.2. The fourth-order valence-electron chi connectivity index (χ4n) is 2.41. The number of aromatic nitrogens is 2. The van der Waals surface area contributed by atoms with E-state index in [0.29, 0.717) is 12.2 Å². The third-order valence-corrected chi connectivity index (χ3v) is 3.54. The monoisotopic (exact) mass is 295 g/mol. The molecule has 0 unspecified atom stereocenters. The number of nitrogens with one attached hydrogen (secondary N) is 1. The Bertz CT molecular complexity index is 781. The van der Waals surface area contributed by atoms with Crippen molar-refractivity contribution in [3.63, 3.8) is 0 Å². The average molecular weight is 295 g/mol. The number of amides is 1. The van der Waals surface area contributed by atoms with Crippen molar-refractivity contribution >= 4 is 22.5 Å². The Labute approximate surface area is 128 Å². The molecule has 1 aromatic carbocycles. The fraction of sp³-hybridized carbons (Fsp3) is 0.176. The SMILES string of the molecule is COCCn1ccc2c(NC(=O)c3ccncc3)cccc21. The number of fused-ring (bicyclic) bond motifs is 1. The van der Waals surface area contributed by atoms with Crippen molar-refractivity contribution in [1.29, 1.82) is 0 Å². The molecule has 0 aliphatic carbocycles. The first-order valence-corrected chi connectivity index (χ1v) is 7.08. The quantitative estimate of drug-likeness (QED) is 0.787. The highest BCUT2D eigenvalue weighted by Gasteiger charge is 2.10. The van der Waals surface area contributed by atoms with Gasteiger partial charge in [0.15, 0.2) is 0 Å². The van der Waals surface area contributed by atoms with E-state index >= 15 is 0 Å². The van der Waals surface area contributed by atoms with Crippen molar-refractivity contribution in [2.24, 2.45) is 0 Å². The molecular weight excluding hydrogens is 278 g/mol. The Morgan fingerprint density at radius 1 is 1.23 bits per heavy atom. The first-order valence-electron chi connectivity index (χ1n) is 7.08. The second kappa shape index (κ2) is 6.41. The smallest absolute Gasteiger partial charge is 0.255 e. The average Bonchev–Trinajstić information content (AvgIpc) is 2.98. The van der Waals surface area contributed by atoms with Crippen LogP contribution >= 0.6 is 0 Å². The number of nitrogens with zero attached hydrogens (tertiary/aromatic N) is 2. The topological polar surface area (TPSA) is 56.1 Å². The molecule has 2 heterocycles. The minimum absolute atomic E-state index is 0.139. The highest BCUT2D eigenvalue weighted by Crippen LogP contribution is 2.25. The van der Waals surface area contributed by atoms with E-state index in [1.807, 2.05) is 30.5 Å². The minimum atomic E-state index is -0.139. The van der Waals surface area contributed by atoms with Gasteiger partial charge in [0.2, 0.25) is 0 Å². The molecule has 1 amide bonds. The first-order chi connectivity index (χ1) is 10.8. The van der Waals surface area contributed by atoms with E-state index in [1.165, 1.54) is 0 Å². The molecule has 3 rings (SSSR count). The van der Waals surface area contributed by atoms with Crippen LogP contribution in [-0.2, 0) is 11.3 Å². The zero-order valence-electron chi connectivity index (χ0n) is 12.3. The summed E-state index contributed by atoms with van der Waals surface area (Å²) in [5.74, 6) is -0.139. The number of ether oxygens (including phenoxy) is 1. The van der Waals surface area contributed by atoms with E-state index in [2.05, 4.69) is 14.9 Å². The van der Waals surface area contributed by atoms with Gasteiger partial charge in [-0.2, -0.15) is 0 Å². The normalized spacial score (nSPS) is 10.8. The summed E-state index contributed by atoms with van der Waals surface area (Å²) in [5.41, 5.74) is 2.46. The molecule has 2 aromatic heterocycles. The van der Waals surface area contributed by atoms with Gasteiger partial charge in [-0.05, 0) is 30.3 Å². The Morgan fingerprint density at radius 2 is 2.05 bits per heavy atom. The molecule has 0 fully saturated rings. The third kappa shape index (κ3) is 2.84. The van der Waals surface area contributed by atoms with Gasteiger partial charge in [-0.15, -0.1) is 0 Å². The number of hydrogen-bond acceptors (Lipinski definition) is 3. The van der Waals surface area contributed by atoms with Gasteiger partial charge in [-0.1, -0.05) is 6.07 Å². The summed E-state index contributed by atoms with van der Waals surface area (Å²) in [6.07, 6.45) is 5.22. The zero-order valence-corrected chi connectivity index (χ0v) is 12.3. The number of hydrogen-bond donors (Lipinski definition) is 1. The maximum absolute atomic E-state index is 12.3. The predicted molar refractivity (Wildman–Crippen MR) is 86.0 cm³/mol. The lowest BCUT2D eigenvalue weighted by molar-refractivity contribution is 0.102. The van der Waals surface area contributed by atoms with Crippen LogP contribution < -0.4 is 5.32 Å².